The number of rotatable bonds is 5. The van der Waals surface area contributed by atoms with E-state index in [1.807, 2.05) is 31.2 Å². The van der Waals surface area contributed by atoms with Gasteiger partial charge in [-0.3, -0.25) is 14.5 Å². The van der Waals surface area contributed by atoms with E-state index in [9.17, 15) is 9.59 Å². The second-order valence-electron chi connectivity index (χ2n) is 5.50. The summed E-state index contributed by atoms with van der Waals surface area (Å²) in [6.45, 7) is 2.85. The molecule has 0 radical (unpaired) electrons. The Morgan fingerprint density at radius 2 is 1.57 bits per heavy atom. The minimum Gasteiger partial charge on any atom is -0.308 e. The third-order valence-electron chi connectivity index (χ3n) is 4.04. The highest BCUT2D eigenvalue weighted by Gasteiger charge is 2.34. The maximum Gasteiger partial charge on any atom is 0.261 e. The average Bonchev–Trinajstić information content (AvgIpc) is 2.80. The number of carbonyl (C=O) groups is 2. The van der Waals surface area contributed by atoms with Gasteiger partial charge in [-0.05, 0) is 30.7 Å². The van der Waals surface area contributed by atoms with Crippen LogP contribution in [-0.4, -0.2) is 29.8 Å². The molecule has 23 heavy (non-hydrogen) atoms. The van der Waals surface area contributed by atoms with E-state index in [2.05, 4.69) is 5.32 Å². The van der Waals surface area contributed by atoms with Gasteiger partial charge in [-0.1, -0.05) is 41.9 Å². The molecule has 4 nitrogen and oxygen atoms in total. The third-order valence-corrected chi connectivity index (χ3v) is 4.38. The third kappa shape index (κ3) is 3.00. The van der Waals surface area contributed by atoms with E-state index in [0.717, 1.165) is 5.56 Å². The molecule has 0 saturated carbocycles. The zero-order chi connectivity index (χ0) is 16.4. The van der Waals surface area contributed by atoms with Crippen LogP contribution in [0.3, 0.4) is 0 Å². The van der Waals surface area contributed by atoms with Crippen LogP contribution in [0.15, 0.2) is 48.5 Å². The van der Waals surface area contributed by atoms with Crippen molar-refractivity contribution in [3.05, 3.63) is 70.2 Å². The number of nitrogens with zero attached hydrogens (tertiary/aromatic N) is 1. The summed E-state index contributed by atoms with van der Waals surface area (Å²) in [5, 5.41) is 4.01. The molecule has 0 fully saturated rings. The van der Waals surface area contributed by atoms with Gasteiger partial charge in [0.1, 0.15) is 0 Å². The lowest BCUT2D eigenvalue weighted by atomic mass is 10.1. The predicted octanol–water partition coefficient (Wildman–Crippen LogP) is 3.29. The summed E-state index contributed by atoms with van der Waals surface area (Å²) in [6.07, 6.45) is 0. The summed E-state index contributed by atoms with van der Waals surface area (Å²) in [5.41, 5.74) is 1.96. The second-order valence-corrected chi connectivity index (χ2v) is 5.91. The predicted molar refractivity (Wildman–Crippen MR) is 89.7 cm³/mol. The van der Waals surface area contributed by atoms with Crippen molar-refractivity contribution < 1.29 is 9.59 Å². The lowest BCUT2D eigenvalue weighted by molar-refractivity contribution is 0.0654. The molecule has 0 spiro atoms. The number of carbonyl (C=O) groups excluding carboxylic acids is 2. The fourth-order valence-corrected chi connectivity index (χ4v) is 3.07. The van der Waals surface area contributed by atoms with Gasteiger partial charge < -0.3 is 5.32 Å². The van der Waals surface area contributed by atoms with Gasteiger partial charge in [0.25, 0.3) is 11.8 Å². The van der Waals surface area contributed by atoms with E-state index in [1.165, 1.54) is 4.90 Å². The molecule has 0 aromatic heterocycles. The van der Waals surface area contributed by atoms with Crippen molar-refractivity contribution in [2.75, 3.05) is 13.1 Å². The first-order chi connectivity index (χ1) is 11.1. The van der Waals surface area contributed by atoms with E-state index in [-0.39, 0.29) is 17.9 Å². The molecule has 2 aromatic rings. The number of hydrogen-bond acceptors (Lipinski definition) is 3. The van der Waals surface area contributed by atoms with Gasteiger partial charge in [-0.15, -0.1) is 0 Å². The van der Waals surface area contributed by atoms with E-state index < -0.39 is 0 Å². The monoisotopic (exact) mass is 328 g/mol. The van der Waals surface area contributed by atoms with Crippen molar-refractivity contribution in [1.29, 1.82) is 0 Å². The molecule has 1 aliphatic rings. The first-order valence-corrected chi connectivity index (χ1v) is 7.90. The molecule has 1 atom stereocenters. The van der Waals surface area contributed by atoms with E-state index in [0.29, 0.717) is 29.2 Å². The highest BCUT2D eigenvalue weighted by molar-refractivity contribution is 6.31. The molecule has 0 saturated heterocycles. The van der Waals surface area contributed by atoms with Gasteiger partial charge in [0.2, 0.25) is 0 Å². The molecular weight excluding hydrogens is 312 g/mol. The Morgan fingerprint density at radius 1 is 1.00 bits per heavy atom. The quantitative estimate of drug-likeness (QED) is 0.857. The van der Waals surface area contributed by atoms with Crippen LogP contribution in [0.1, 0.15) is 39.2 Å². The lowest BCUT2D eigenvalue weighted by Crippen LogP contribution is -2.37. The molecule has 0 unspecified atom stereocenters. The molecule has 1 N–H and O–H groups in total. The first kappa shape index (κ1) is 15.7. The minimum atomic E-state index is -0.224. The van der Waals surface area contributed by atoms with Crippen molar-refractivity contribution in [2.24, 2.45) is 0 Å². The average molecular weight is 329 g/mol. The van der Waals surface area contributed by atoms with Crippen LogP contribution >= 0.6 is 11.6 Å². The molecule has 118 valence electrons. The normalized spacial score (nSPS) is 15.0. The molecule has 2 amide bonds. The number of imide groups is 1. The van der Waals surface area contributed by atoms with Crippen LogP contribution in [0, 0.1) is 0 Å². The number of nitrogens with one attached hydrogen (secondary N) is 1. The minimum absolute atomic E-state index is 0.0406. The fourth-order valence-electron chi connectivity index (χ4n) is 2.77. The van der Waals surface area contributed by atoms with Crippen LogP contribution in [0.4, 0.5) is 0 Å². The Morgan fingerprint density at radius 3 is 2.17 bits per heavy atom. The number of fused-ring (bicyclic) bond motifs is 1. The Bertz CT molecular complexity index is 725. The van der Waals surface area contributed by atoms with Gasteiger partial charge in [0.05, 0.1) is 11.1 Å². The zero-order valence-electron chi connectivity index (χ0n) is 12.8. The van der Waals surface area contributed by atoms with Crippen LogP contribution in [0.2, 0.25) is 5.02 Å². The van der Waals surface area contributed by atoms with E-state index in [4.69, 9.17) is 11.6 Å². The molecule has 0 aliphatic carbocycles. The summed E-state index contributed by atoms with van der Waals surface area (Å²) in [5.74, 6) is -0.449. The van der Waals surface area contributed by atoms with Gasteiger partial charge in [-0.2, -0.15) is 0 Å². The smallest absolute Gasteiger partial charge is 0.261 e. The van der Waals surface area contributed by atoms with Crippen LogP contribution in [0.5, 0.6) is 0 Å². The van der Waals surface area contributed by atoms with Gasteiger partial charge in [-0.25, -0.2) is 0 Å². The van der Waals surface area contributed by atoms with Crippen molar-refractivity contribution in [1.82, 2.24) is 10.2 Å². The molecule has 0 bridgehead atoms. The molecule has 1 heterocycles. The Balaban J connectivity index is 1.61. The topological polar surface area (TPSA) is 49.4 Å². The van der Waals surface area contributed by atoms with E-state index in [1.54, 1.807) is 24.3 Å². The molecule has 5 heteroatoms. The van der Waals surface area contributed by atoms with Gasteiger partial charge in [0.15, 0.2) is 0 Å². The van der Waals surface area contributed by atoms with Crippen molar-refractivity contribution in [3.63, 3.8) is 0 Å². The van der Waals surface area contributed by atoms with Crippen molar-refractivity contribution in [3.8, 4) is 0 Å². The van der Waals surface area contributed by atoms with E-state index >= 15 is 0 Å². The number of halogens is 1. The summed E-state index contributed by atoms with van der Waals surface area (Å²) in [4.78, 5) is 25.8. The second kappa shape index (κ2) is 6.52. The summed E-state index contributed by atoms with van der Waals surface area (Å²) < 4.78 is 0. The largest absolute Gasteiger partial charge is 0.308 e. The Hall–Kier alpha value is -2.17. The molecular formula is C18H17ClN2O2. The van der Waals surface area contributed by atoms with Crippen LogP contribution in [0.25, 0.3) is 0 Å². The van der Waals surface area contributed by atoms with Crippen LogP contribution < -0.4 is 5.32 Å². The van der Waals surface area contributed by atoms with Crippen molar-refractivity contribution >= 4 is 23.4 Å². The van der Waals surface area contributed by atoms with Crippen molar-refractivity contribution in [2.45, 2.75) is 13.0 Å². The summed E-state index contributed by atoms with van der Waals surface area (Å²) in [6, 6.07) is 14.6. The maximum atomic E-state index is 12.3. The number of benzene rings is 2. The highest BCUT2D eigenvalue weighted by Crippen LogP contribution is 2.23. The fraction of sp³-hybridized carbons (Fsp3) is 0.222. The number of amides is 2. The van der Waals surface area contributed by atoms with Crippen LogP contribution in [-0.2, 0) is 0 Å². The molecule has 2 aromatic carbocycles. The number of hydrogen-bond donors (Lipinski definition) is 1. The Labute approximate surface area is 140 Å². The SMILES string of the molecule is C[C@H](NCCN1C(=O)c2ccccc2C1=O)c1ccccc1Cl. The zero-order valence-corrected chi connectivity index (χ0v) is 13.5. The molecule has 3 rings (SSSR count). The summed E-state index contributed by atoms with van der Waals surface area (Å²) in [7, 11) is 0. The summed E-state index contributed by atoms with van der Waals surface area (Å²) >= 11 is 6.17. The highest BCUT2D eigenvalue weighted by atomic mass is 35.5. The Kier molecular flexibility index (Phi) is 4.46. The molecule has 1 aliphatic heterocycles. The van der Waals surface area contributed by atoms with Gasteiger partial charge >= 0.3 is 0 Å². The first-order valence-electron chi connectivity index (χ1n) is 7.52. The lowest BCUT2D eigenvalue weighted by Gasteiger charge is -2.18. The van der Waals surface area contributed by atoms with Gasteiger partial charge in [0, 0.05) is 24.2 Å². The maximum absolute atomic E-state index is 12.3. The standard InChI is InChI=1S/C18H17ClN2O2/c1-12(13-6-4-5-9-16(13)19)20-10-11-21-17(22)14-7-2-3-8-15(14)18(21)23/h2-9,12,20H,10-11H2,1H3/t12-/m0/s1.